The summed E-state index contributed by atoms with van der Waals surface area (Å²) in [6.45, 7) is 6.60. The van der Waals surface area contributed by atoms with Gasteiger partial charge in [-0.05, 0) is 18.3 Å². The number of rotatable bonds is 1. The second-order valence-corrected chi connectivity index (χ2v) is 3.93. The molecule has 2 heteroatoms. The summed E-state index contributed by atoms with van der Waals surface area (Å²) in [5.74, 6) is 1.55. The van der Waals surface area contributed by atoms with E-state index in [0.29, 0.717) is 24.4 Å². The van der Waals surface area contributed by atoms with E-state index in [0.717, 1.165) is 6.42 Å². The number of hydrogen-bond acceptors (Lipinski definition) is 2. The second-order valence-electron chi connectivity index (χ2n) is 3.93. The number of cyclic esters (lactones) is 1. The molecule has 2 aliphatic rings. The van der Waals surface area contributed by atoms with Crippen molar-refractivity contribution in [3.05, 3.63) is 12.7 Å². The van der Waals surface area contributed by atoms with E-state index in [-0.39, 0.29) is 11.9 Å². The Morgan fingerprint density at radius 2 is 2.42 bits per heavy atom. The Balaban J connectivity index is 2.23. The van der Waals surface area contributed by atoms with Crippen LogP contribution in [0.5, 0.6) is 0 Å². The zero-order valence-electron chi connectivity index (χ0n) is 7.32. The fourth-order valence-electron chi connectivity index (χ4n) is 2.56. The normalized spacial score (nSPS) is 45.6. The van der Waals surface area contributed by atoms with Crippen LogP contribution in [0.1, 0.15) is 13.3 Å². The first-order chi connectivity index (χ1) is 5.74. The number of ether oxygens (including phenoxy) is 1. The Hall–Kier alpha value is -0.790. The largest absolute Gasteiger partial charge is 0.465 e. The lowest BCUT2D eigenvalue weighted by atomic mass is 9.90. The summed E-state index contributed by atoms with van der Waals surface area (Å²) in [5, 5.41) is 0. The van der Waals surface area contributed by atoms with Gasteiger partial charge in [-0.3, -0.25) is 4.79 Å². The molecular weight excluding hydrogens is 152 g/mol. The van der Waals surface area contributed by atoms with Crippen molar-refractivity contribution in [1.82, 2.24) is 0 Å². The SMILES string of the molecule is C=CC1CC(C)C2COC(=O)C12. The Morgan fingerprint density at radius 3 is 3.08 bits per heavy atom. The third-order valence-electron chi connectivity index (χ3n) is 3.29. The van der Waals surface area contributed by atoms with Crippen molar-refractivity contribution in [3.63, 3.8) is 0 Å². The van der Waals surface area contributed by atoms with Crippen LogP contribution in [0.3, 0.4) is 0 Å². The Kier molecular flexibility index (Phi) is 1.71. The van der Waals surface area contributed by atoms with Crippen molar-refractivity contribution in [2.45, 2.75) is 13.3 Å². The first-order valence-electron chi connectivity index (χ1n) is 4.53. The molecule has 0 bridgehead atoms. The molecule has 12 heavy (non-hydrogen) atoms. The average molecular weight is 166 g/mol. The molecule has 2 rings (SSSR count). The van der Waals surface area contributed by atoms with Crippen molar-refractivity contribution >= 4 is 5.97 Å². The number of allylic oxidation sites excluding steroid dienone is 1. The standard InChI is InChI=1S/C10H14O2/c1-3-7-4-6(2)8-5-12-10(11)9(7)8/h3,6-9H,1,4-5H2,2H3. The summed E-state index contributed by atoms with van der Waals surface area (Å²) in [6.07, 6.45) is 3.02. The quantitative estimate of drug-likeness (QED) is 0.437. The fraction of sp³-hybridized carbons (Fsp3) is 0.700. The lowest BCUT2D eigenvalue weighted by Gasteiger charge is -2.08. The van der Waals surface area contributed by atoms with Gasteiger partial charge in [0, 0.05) is 5.92 Å². The van der Waals surface area contributed by atoms with E-state index in [2.05, 4.69) is 13.5 Å². The zero-order chi connectivity index (χ0) is 8.72. The smallest absolute Gasteiger partial charge is 0.309 e. The first kappa shape index (κ1) is 7.84. The van der Waals surface area contributed by atoms with Gasteiger partial charge in [0.15, 0.2) is 0 Å². The van der Waals surface area contributed by atoms with Gasteiger partial charge in [0.2, 0.25) is 0 Å². The van der Waals surface area contributed by atoms with Crippen molar-refractivity contribution in [2.24, 2.45) is 23.7 Å². The number of esters is 1. The van der Waals surface area contributed by atoms with Crippen molar-refractivity contribution < 1.29 is 9.53 Å². The van der Waals surface area contributed by atoms with Gasteiger partial charge in [0.1, 0.15) is 0 Å². The van der Waals surface area contributed by atoms with Gasteiger partial charge in [0.05, 0.1) is 12.5 Å². The molecule has 4 atom stereocenters. The topological polar surface area (TPSA) is 26.3 Å². The van der Waals surface area contributed by atoms with E-state index in [1.165, 1.54) is 0 Å². The van der Waals surface area contributed by atoms with E-state index in [1.54, 1.807) is 0 Å². The highest BCUT2D eigenvalue weighted by atomic mass is 16.5. The van der Waals surface area contributed by atoms with E-state index >= 15 is 0 Å². The monoisotopic (exact) mass is 166 g/mol. The molecule has 0 aromatic rings. The molecule has 2 nitrogen and oxygen atoms in total. The van der Waals surface area contributed by atoms with E-state index in [9.17, 15) is 4.79 Å². The lowest BCUT2D eigenvalue weighted by Crippen LogP contribution is -2.17. The third-order valence-corrected chi connectivity index (χ3v) is 3.29. The van der Waals surface area contributed by atoms with E-state index in [1.807, 2.05) is 6.08 Å². The Labute approximate surface area is 72.6 Å². The van der Waals surface area contributed by atoms with Crippen molar-refractivity contribution in [2.75, 3.05) is 6.61 Å². The minimum atomic E-state index is -0.00532. The molecule has 0 aromatic heterocycles. The van der Waals surface area contributed by atoms with Crippen LogP contribution in [-0.2, 0) is 9.53 Å². The summed E-state index contributed by atoms with van der Waals surface area (Å²) in [6, 6.07) is 0. The molecule has 0 amide bonds. The summed E-state index contributed by atoms with van der Waals surface area (Å²) in [4.78, 5) is 11.3. The Bertz CT molecular complexity index is 222. The highest BCUT2D eigenvalue weighted by Crippen LogP contribution is 2.45. The van der Waals surface area contributed by atoms with Gasteiger partial charge in [0.25, 0.3) is 0 Å². The van der Waals surface area contributed by atoms with Gasteiger partial charge < -0.3 is 4.74 Å². The molecule has 1 saturated heterocycles. The minimum Gasteiger partial charge on any atom is -0.465 e. The summed E-state index contributed by atoms with van der Waals surface area (Å²) in [5.41, 5.74) is 0. The van der Waals surface area contributed by atoms with E-state index < -0.39 is 0 Å². The van der Waals surface area contributed by atoms with Crippen LogP contribution in [0.4, 0.5) is 0 Å². The van der Waals surface area contributed by atoms with Crippen LogP contribution in [-0.4, -0.2) is 12.6 Å². The molecule has 1 aliphatic carbocycles. The lowest BCUT2D eigenvalue weighted by molar-refractivity contribution is -0.142. The van der Waals surface area contributed by atoms with Crippen LogP contribution in [0, 0.1) is 23.7 Å². The number of hydrogen-bond donors (Lipinski definition) is 0. The predicted molar refractivity (Wildman–Crippen MR) is 45.4 cm³/mol. The predicted octanol–water partition coefficient (Wildman–Crippen LogP) is 1.62. The van der Waals surface area contributed by atoms with Crippen LogP contribution >= 0.6 is 0 Å². The third kappa shape index (κ3) is 0.904. The Morgan fingerprint density at radius 1 is 1.67 bits per heavy atom. The number of fused-ring (bicyclic) bond motifs is 1. The minimum absolute atomic E-state index is 0.00532. The molecule has 0 spiro atoms. The zero-order valence-corrected chi connectivity index (χ0v) is 7.32. The highest BCUT2D eigenvalue weighted by Gasteiger charge is 2.49. The highest BCUT2D eigenvalue weighted by molar-refractivity contribution is 5.76. The van der Waals surface area contributed by atoms with Crippen LogP contribution in [0.25, 0.3) is 0 Å². The molecule has 66 valence electrons. The summed E-state index contributed by atoms with van der Waals surface area (Å²) in [7, 11) is 0. The van der Waals surface area contributed by atoms with Gasteiger partial charge in [-0.15, -0.1) is 6.58 Å². The summed E-state index contributed by atoms with van der Waals surface area (Å²) < 4.78 is 5.04. The van der Waals surface area contributed by atoms with Gasteiger partial charge in [-0.2, -0.15) is 0 Å². The average Bonchev–Trinajstić information content (AvgIpc) is 2.56. The van der Waals surface area contributed by atoms with Crippen LogP contribution in [0.15, 0.2) is 12.7 Å². The molecule has 1 heterocycles. The molecule has 1 aliphatic heterocycles. The molecular formula is C10H14O2. The molecule has 4 unspecified atom stereocenters. The second kappa shape index (κ2) is 2.61. The van der Waals surface area contributed by atoms with Gasteiger partial charge in [-0.1, -0.05) is 13.0 Å². The molecule has 0 radical (unpaired) electrons. The number of carbonyl (C=O) groups is 1. The molecule has 1 saturated carbocycles. The van der Waals surface area contributed by atoms with Crippen LogP contribution in [0.2, 0.25) is 0 Å². The van der Waals surface area contributed by atoms with Crippen LogP contribution < -0.4 is 0 Å². The van der Waals surface area contributed by atoms with E-state index in [4.69, 9.17) is 4.74 Å². The maximum Gasteiger partial charge on any atom is 0.309 e. The molecule has 0 aromatic carbocycles. The maximum atomic E-state index is 11.3. The van der Waals surface area contributed by atoms with Gasteiger partial charge >= 0.3 is 5.97 Å². The molecule has 0 N–H and O–H groups in total. The van der Waals surface area contributed by atoms with Crippen molar-refractivity contribution in [1.29, 1.82) is 0 Å². The van der Waals surface area contributed by atoms with Crippen molar-refractivity contribution in [3.8, 4) is 0 Å². The molecule has 2 fully saturated rings. The maximum absolute atomic E-state index is 11.3. The van der Waals surface area contributed by atoms with Gasteiger partial charge in [-0.25, -0.2) is 0 Å². The number of carbonyl (C=O) groups excluding carboxylic acids is 1. The fourth-order valence-corrected chi connectivity index (χ4v) is 2.56. The summed E-state index contributed by atoms with van der Waals surface area (Å²) >= 11 is 0. The first-order valence-corrected chi connectivity index (χ1v) is 4.53.